The van der Waals surface area contributed by atoms with E-state index in [9.17, 15) is 4.79 Å². The monoisotopic (exact) mass is 370 g/mol. The number of carbonyl (C=O) groups is 1. The van der Waals surface area contributed by atoms with Crippen LogP contribution >= 0.6 is 11.6 Å². The molecule has 1 atom stereocenters. The van der Waals surface area contributed by atoms with Crippen LogP contribution in [0.4, 0.5) is 0 Å². The highest BCUT2D eigenvalue weighted by Gasteiger charge is 2.17. The maximum atomic E-state index is 12.6. The van der Waals surface area contributed by atoms with Gasteiger partial charge in [-0.2, -0.15) is 0 Å². The van der Waals surface area contributed by atoms with Gasteiger partial charge in [-0.05, 0) is 60.7 Å². The molecular weight excluding hydrogens is 344 g/mol. The lowest BCUT2D eigenvalue weighted by molar-refractivity contribution is 0.0785. The SMILES string of the molecule is CC1CCCN(Cc2ccc(C(=O)N(C)Cc3ccc(Cl)cc3)cc2)C1. The van der Waals surface area contributed by atoms with Crippen LogP contribution in [0.25, 0.3) is 0 Å². The molecule has 3 nitrogen and oxygen atoms in total. The summed E-state index contributed by atoms with van der Waals surface area (Å²) in [5, 5.41) is 0.710. The molecule has 0 aliphatic carbocycles. The number of halogens is 1. The molecule has 0 saturated carbocycles. The Bertz CT molecular complexity index is 727. The van der Waals surface area contributed by atoms with Crippen molar-refractivity contribution in [1.82, 2.24) is 9.80 Å². The number of hydrogen-bond acceptors (Lipinski definition) is 2. The molecule has 4 heteroatoms. The van der Waals surface area contributed by atoms with Crippen molar-refractivity contribution < 1.29 is 4.79 Å². The molecule has 1 aliphatic heterocycles. The van der Waals surface area contributed by atoms with Gasteiger partial charge in [0.15, 0.2) is 0 Å². The van der Waals surface area contributed by atoms with Crippen molar-refractivity contribution in [3.8, 4) is 0 Å². The predicted molar refractivity (Wildman–Crippen MR) is 107 cm³/mol. The van der Waals surface area contributed by atoms with Gasteiger partial charge in [-0.25, -0.2) is 0 Å². The van der Waals surface area contributed by atoms with E-state index < -0.39 is 0 Å². The molecule has 0 aromatic heterocycles. The Labute approximate surface area is 161 Å². The Morgan fingerprint density at radius 1 is 1.12 bits per heavy atom. The summed E-state index contributed by atoms with van der Waals surface area (Å²) in [5.41, 5.74) is 3.08. The summed E-state index contributed by atoms with van der Waals surface area (Å²) in [6, 6.07) is 15.7. The van der Waals surface area contributed by atoms with Gasteiger partial charge in [-0.3, -0.25) is 9.69 Å². The molecule has 1 heterocycles. The average Bonchev–Trinajstić information content (AvgIpc) is 2.64. The van der Waals surface area contributed by atoms with Crippen molar-refractivity contribution in [2.75, 3.05) is 20.1 Å². The summed E-state index contributed by atoms with van der Waals surface area (Å²) in [6.07, 6.45) is 2.62. The van der Waals surface area contributed by atoms with Crippen LogP contribution in [0.5, 0.6) is 0 Å². The van der Waals surface area contributed by atoms with E-state index in [0.717, 1.165) is 23.6 Å². The summed E-state index contributed by atoms with van der Waals surface area (Å²) >= 11 is 5.92. The standard InChI is InChI=1S/C22H27ClN2O/c1-17-4-3-13-25(14-17)16-19-5-9-20(10-6-19)22(26)24(2)15-18-7-11-21(23)12-8-18/h5-12,17H,3-4,13-16H2,1-2H3. The Kier molecular flexibility index (Phi) is 6.33. The Balaban J connectivity index is 1.58. The Morgan fingerprint density at radius 3 is 2.42 bits per heavy atom. The van der Waals surface area contributed by atoms with Gasteiger partial charge >= 0.3 is 0 Å². The van der Waals surface area contributed by atoms with Crippen LogP contribution in [-0.4, -0.2) is 35.8 Å². The van der Waals surface area contributed by atoms with Crippen molar-refractivity contribution >= 4 is 17.5 Å². The first-order chi connectivity index (χ1) is 12.5. The van der Waals surface area contributed by atoms with Gasteiger partial charge < -0.3 is 4.90 Å². The highest BCUT2D eigenvalue weighted by atomic mass is 35.5. The third-order valence-electron chi connectivity index (χ3n) is 5.03. The molecule has 3 rings (SSSR count). The molecule has 0 bridgehead atoms. The molecule has 1 unspecified atom stereocenters. The highest BCUT2D eigenvalue weighted by Crippen LogP contribution is 2.18. The van der Waals surface area contributed by atoms with E-state index in [2.05, 4.69) is 24.0 Å². The number of amides is 1. The second-order valence-corrected chi connectivity index (χ2v) is 7.90. The molecule has 1 saturated heterocycles. The van der Waals surface area contributed by atoms with Gasteiger partial charge in [-0.15, -0.1) is 0 Å². The van der Waals surface area contributed by atoms with Crippen molar-refractivity contribution in [3.05, 3.63) is 70.2 Å². The van der Waals surface area contributed by atoms with E-state index in [1.807, 2.05) is 43.4 Å². The molecule has 0 N–H and O–H groups in total. The van der Waals surface area contributed by atoms with Crippen molar-refractivity contribution in [2.24, 2.45) is 5.92 Å². The van der Waals surface area contributed by atoms with E-state index in [0.29, 0.717) is 11.6 Å². The first-order valence-corrected chi connectivity index (χ1v) is 9.70. The Hall–Kier alpha value is -1.84. The van der Waals surface area contributed by atoms with Gasteiger partial charge in [0.1, 0.15) is 0 Å². The van der Waals surface area contributed by atoms with Crippen LogP contribution < -0.4 is 0 Å². The summed E-state index contributed by atoms with van der Waals surface area (Å²) in [4.78, 5) is 16.9. The van der Waals surface area contributed by atoms with Crippen LogP contribution in [0, 0.1) is 5.92 Å². The quantitative estimate of drug-likeness (QED) is 0.751. The smallest absolute Gasteiger partial charge is 0.253 e. The summed E-state index contributed by atoms with van der Waals surface area (Å²) < 4.78 is 0. The number of piperidine rings is 1. The zero-order valence-electron chi connectivity index (χ0n) is 15.6. The number of carbonyl (C=O) groups excluding carboxylic acids is 1. The molecule has 138 valence electrons. The van der Waals surface area contributed by atoms with Gasteiger partial charge in [-0.1, -0.05) is 42.8 Å². The molecule has 1 amide bonds. The van der Waals surface area contributed by atoms with E-state index >= 15 is 0 Å². The van der Waals surface area contributed by atoms with E-state index in [-0.39, 0.29) is 5.91 Å². The van der Waals surface area contributed by atoms with Crippen LogP contribution in [0.2, 0.25) is 5.02 Å². The van der Waals surface area contributed by atoms with Gasteiger partial charge in [0, 0.05) is 37.3 Å². The van der Waals surface area contributed by atoms with Crippen LogP contribution in [0.1, 0.15) is 41.3 Å². The highest BCUT2D eigenvalue weighted by molar-refractivity contribution is 6.30. The predicted octanol–water partition coefficient (Wildman–Crippen LogP) is 4.84. The average molecular weight is 371 g/mol. The fraction of sp³-hybridized carbons (Fsp3) is 0.409. The fourth-order valence-corrected chi connectivity index (χ4v) is 3.72. The van der Waals surface area contributed by atoms with Gasteiger partial charge in [0.2, 0.25) is 0 Å². The van der Waals surface area contributed by atoms with Crippen LogP contribution in [0.15, 0.2) is 48.5 Å². The zero-order chi connectivity index (χ0) is 18.5. The molecular formula is C22H27ClN2O. The van der Waals surface area contributed by atoms with Crippen molar-refractivity contribution in [1.29, 1.82) is 0 Å². The molecule has 0 spiro atoms. The first-order valence-electron chi connectivity index (χ1n) is 9.32. The Morgan fingerprint density at radius 2 is 1.77 bits per heavy atom. The molecule has 2 aromatic rings. The number of likely N-dealkylation sites (tertiary alicyclic amines) is 1. The summed E-state index contributed by atoms with van der Waals surface area (Å²) in [5.74, 6) is 0.823. The topological polar surface area (TPSA) is 23.6 Å². The second-order valence-electron chi connectivity index (χ2n) is 7.47. The first kappa shape index (κ1) is 18.9. The van der Waals surface area contributed by atoms with Crippen LogP contribution in [-0.2, 0) is 13.1 Å². The summed E-state index contributed by atoms with van der Waals surface area (Å²) in [7, 11) is 1.83. The van der Waals surface area contributed by atoms with Crippen molar-refractivity contribution in [2.45, 2.75) is 32.9 Å². The maximum Gasteiger partial charge on any atom is 0.253 e. The fourth-order valence-electron chi connectivity index (χ4n) is 3.60. The van der Waals surface area contributed by atoms with E-state index in [1.165, 1.54) is 31.5 Å². The maximum absolute atomic E-state index is 12.6. The molecule has 1 fully saturated rings. The molecule has 26 heavy (non-hydrogen) atoms. The minimum Gasteiger partial charge on any atom is -0.337 e. The minimum absolute atomic E-state index is 0.0399. The third-order valence-corrected chi connectivity index (χ3v) is 5.28. The van der Waals surface area contributed by atoms with Crippen molar-refractivity contribution in [3.63, 3.8) is 0 Å². The lowest BCUT2D eigenvalue weighted by Crippen LogP contribution is -2.33. The minimum atomic E-state index is 0.0399. The van der Waals surface area contributed by atoms with E-state index in [1.54, 1.807) is 4.90 Å². The van der Waals surface area contributed by atoms with Gasteiger partial charge in [0.05, 0.1) is 0 Å². The van der Waals surface area contributed by atoms with Gasteiger partial charge in [0.25, 0.3) is 5.91 Å². The summed E-state index contributed by atoms with van der Waals surface area (Å²) in [6.45, 7) is 6.21. The van der Waals surface area contributed by atoms with Crippen LogP contribution in [0.3, 0.4) is 0 Å². The van der Waals surface area contributed by atoms with E-state index in [4.69, 9.17) is 11.6 Å². The molecule has 1 aliphatic rings. The lowest BCUT2D eigenvalue weighted by Gasteiger charge is -2.30. The number of rotatable bonds is 5. The zero-order valence-corrected chi connectivity index (χ0v) is 16.4. The molecule has 0 radical (unpaired) electrons. The normalized spacial score (nSPS) is 17.9. The third kappa shape index (κ3) is 5.09. The number of benzene rings is 2. The lowest BCUT2D eigenvalue weighted by atomic mass is 9.99. The second kappa shape index (κ2) is 8.70. The number of nitrogens with zero attached hydrogens (tertiary/aromatic N) is 2. The number of hydrogen-bond donors (Lipinski definition) is 0. The largest absolute Gasteiger partial charge is 0.337 e. The molecule has 2 aromatic carbocycles.